The molecule has 0 spiro atoms. The van der Waals surface area contributed by atoms with Gasteiger partial charge in [0.15, 0.2) is 4.80 Å². The molecule has 0 radical (unpaired) electrons. The van der Waals surface area contributed by atoms with Crippen molar-refractivity contribution in [2.24, 2.45) is 12.0 Å². The molecule has 134 valence electrons. The van der Waals surface area contributed by atoms with Gasteiger partial charge >= 0.3 is 6.18 Å². The van der Waals surface area contributed by atoms with Crippen LogP contribution in [0.4, 0.5) is 18.9 Å². The standard InChI is InChI=1S/C16H10F3N3O3S/c1-21-12-8-11(22(24)25)5-6-13(12)26-15(21)20-14(23)9-3-2-4-10(7-9)16(17,18)19/h2-8H,1H3. The van der Waals surface area contributed by atoms with E-state index in [-0.39, 0.29) is 16.1 Å². The number of aromatic nitrogens is 1. The molecule has 6 nitrogen and oxygen atoms in total. The predicted octanol–water partition coefficient (Wildman–Crippen LogP) is 3.91. The van der Waals surface area contributed by atoms with Crippen LogP contribution in [0.25, 0.3) is 10.2 Å². The molecule has 26 heavy (non-hydrogen) atoms. The van der Waals surface area contributed by atoms with E-state index in [0.717, 1.165) is 29.5 Å². The number of nitrogens with zero attached hydrogens (tertiary/aromatic N) is 3. The molecule has 0 aliphatic heterocycles. The van der Waals surface area contributed by atoms with E-state index in [1.54, 1.807) is 7.05 Å². The minimum absolute atomic E-state index is 0.110. The number of non-ortho nitro benzene ring substituents is 1. The molecule has 0 aliphatic carbocycles. The molecule has 1 aromatic heterocycles. The number of alkyl halides is 3. The summed E-state index contributed by atoms with van der Waals surface area (Å²) in [5, 5.41) is 10.9. The zero-order valence-corrected chi connectivity index (χ0v) is 14.0. The normalized spacial score (nSPS) is 12.5. The molecule has 0 unspecified atom stereocenters. The Morgan fingerprint density at radius 2 is 1.96 bits per heavy atom. The van der Waals surface area contributed by atoms with Crippen molar-refractivity contribution in [2.45, 2.75) is 6.18 Å². The highest BCUT2D eigenvalue weighted by Crippen LogP contribution is 2.29. The number of nitro groups is 1. The summed E-state index contributed by atoms with van der Waals surface area (Å²) in [5.74, 6) is -0.826. The Hall–Kier alpha value is -3.01. The number of benzene rings is 2. The van der Waals surface area contributed by atoms with E-state index in [0.29, 0.717) is 10.2 Å². The first-order chi connectivity index (χ1) is 12.2. The van der Waals surface area contributed by atoms with Gasteiger partial charge in [0, 0.05) is 24.7 Å². The van der Waals surface area contributed by atoms with E-state index in [1.807, 2.05) is 0 Å². The summed E-state index contributed by atoms with van der Waals surface area (Å²) < 4.78 is 40.4. The molecule has 3 aromatic rings. The zero-order valence-electron chi connectivity index (χ0n) is 13.1. The summed E-state index contributed by atoms with van der Waals surface area (Å²) in [7, 11) is 1.57. The lowest BCUT2D eigenvalue weighted by Gasteiger charge is -2.06. The number of hydrogen-bond donors (Lipinski definition) is 0. The number of hydrogen-bond acceptors (Lipinski definition) is 4. The van der Waals surface area contributed by atoms with Crippen molar-refractivity contribution in [2.75, 3.05) is 0 Å². The number of nitro benzene ring substituents is 1. The third-order valence-electron chi connectivity index (χ3n) is 3.64. The van der Waals surface area contributed by atoms with E-state index in [4.69, 9.17) is 0 Å². The Morgan fingerprint density at radius 1 is 1.23 bits per heavy atom. The molecule has 1 heterocycles. The van der Waals surface area contributed by atoms with Crippen molar-refractivity contribution in [3.8, 4) is 0 Å². The molecular formula is C16H10F3N3O3S. The molecular weight excluding hydrogens is 371 g/mol. The third-order valence-corrected chi connectivity index (χ3v) is 4.75. The Bertz CT molecular complexity index is 1100. The predicted molar refractivity (Wildman–Crippen MR) is 88.8 cm³/mol. The lowest BCUT2D eigenvalue weighted by Crippen LogP contribution is -2.14. The molecule has 0 fully saturated rings. The van der Waals surface area contributed by atoms with E-state index in [9.17, 15) is 28.1 Å². The third kappa shape index (κ3) is 3.36. The van der Waals surface area contributed by atoms with Crippen molar-refractivity contribution in [1.29, 1.82) is 0 Å². The smallest absolute Gasteiger partial charge is 0.319 e. The van der Waals surface area contributed by atoms with Gasteiger partial charge in [-0.2, -0.15) is 18.2 Å². The van der Waals surface area contributed by atoms with Crippen molar-refractivity contribution in [3.63, 3.8) is 0 Å². The van der Waals surface area contributed by atoms with Gasteiger partial charge in [0.25, 0.3) is 11.6 Å². The minimum atomic E-state index is -4.56. The van der Waals surface area contributed by atoms with E-state index in [2.05, 4.69) is 4.99 Å². The second-order valence-electron chi connectivity index (χ2n) is 5.35. The van der Waals surface area contributed by atoms with Crippen LogP contribution in [0.2, 0.25) is 0 Å². The highest BCUT2D eigenvalue weighted by atomic mass is 32.1. The first-order valence-corrected chi connectivity index (χ1v) is 7.99. The topological polar surface area (TPSA) is 77.5 Å². The average Bonchev–Trinajstić information content (AvgIpc) is 2.89. The first kappa shape index (κ1) is 17.8. The number of carbonyl (C=O) groups excluding carboxylic acids is 1. The van der Waals surface area contributed by atoms with Crippen LogP contribution >= 0.6 is 11.3 Å². The largest absolute Gasteiger partial charge is 0.416 e. The molecule has 2 aromatic carbocycles. The highest BCUT2D eigenvalue weighted by molar-refractivity contribution is 7.16. The SMILES string of the molecule is Cn1c(=NC(=O)c2cccc(C(F)(F)F)c2)sc2ccc([N+](=O)[O-])cc21. The molecule has 0 saturated heterocycles. The molecule has 0 bridgehead atoms. The van der Waals surface area contributed by atoms with Crippen LogP contribution in [-0.4, -0.2) is 15.4 Å². The highest BCUT2D eigenvalue weighted by Gasteiger charge is 2.30. The van der Waals surface area contributed by atoms with Gasteiger partial charge < -0.3 is 4.57 Å². The van der Waals surface area contributed by atoms with E-state index in [1.165, 1.54) is 28.8 Å². The van der Waals surface area contributed by atoms with Gasteiger partial charge in [0.2, 0.25) is 0 Å². The zero-order chi connectivity index (χ0) is 19.1. The average molecular weight is 381 g/mol. The number of halogens is 3. The maximum Gasteiger partial charge on any atom is 0.416 e. The maximum atomic E-state index is 12.8. The molecule has 0 aliphatic rings. The van der Waals surface area contributed by atoms with Crippen LogP contribution in [-0.2, 0) is 13.2 Å². The van der Waals surface area contributed by atoms with Crippen LogP contribution in [0.1, 0.15) is 15.9 Å². The van der Waals surface area contributed by atoms with Gasteiger partial charge in [-0.25, -0.2) is 0 Å². The van der Waals surface area contributed by atoms with Crippen LogP contribution in [0.5, 0.6) is 0 Å². The molecule has 1 amide bonds. The molecule has 0 N–H and O–H groups in total. The number of rotatable bonds is 2. The van der Waals surface area contributed by atoms with Gasteiger partial charge in [-0.15, -0.1) is 0 Å². The molecule has 10 heteroatoms. The van der Waals surface area contributed by atoms with E-state index < -0.39 is 22.6 Å². The summed E-state index contributed by atoms with van der Waals surface area (Å²) >= 11 is 1.11. The molecule has 0 atom stereocenters. The van der Waals surface area contributed by atoms with Gasteiger partial charge in [-0.1, -0.05) is 17.4 Å². The number of carbonyl (C=O) groups is 1. The number of thiazole rings is 1. The van der Waals surface area contributed by atoms with Gasteiger partial charge in [-0.05, 0) is 24.3 Å². The summed E-state index contributed by atoms with van der Waals surface area (Å²) in [6.07, 6.45) is -4.56. The van der Waals surface area contributed by atoms with Crippen LogP contribution < -0.4 is 4.80 Å². The summed E-state index contributed by atoms with van der Waals surface area (Å²) in [6, 6.07) is 8.21. The monoisotopic (exact) mass is 381 g/mol. The van der Waals surface area contributed by atoms with Crippen LogP contribution in [0.15, 0.2) is 47.5 Å². The lowest BCUT2D eigenvalue weighted by atomic mass is 10.1. The van der Waals surface area contributed by atoms with E-state index >= 15 is 0 Å². The second kappa shape index (κ2) is 6.37. The van der Waals surface area contributed by atoms with Crippen molar-refractivity contribution >= 4 is 33.1 Å². The molecule has 0 saturated carbocycles. The summed E-state index contributed by atoms with van der Waals surface area (Å²) in [5.41, 5.74) is -0.736. The fourth-order valence-electron chi connectivity index (χ4n) is 2.32. The van der Waals surface area contributed by atoms with Crippen LogP contribution in [0.3, 0.4) is 0 Å². The Morgan fingerprint density at radius 3 is 2.62 bits per heavy atom. The Labute approximate surface area is 148 Å². The lowest BCUT2D eigenvalue weighted by molar-refractivity contribution is -0.384. The fraction of sp³-hybridized carbons (Fsp3) is 0.125. The summed E-state index contributed by atoms with van der Waals surface area (Å²) in [6.45, 7) is 0. The quantitative estimate of drug-likeness (QED) is 0.499. The summed E-state index contributed by atoms with van der Waals surface area (Å²) in [4.78, 5) is 26.7. The number of amides is 1. The number of fused-ring (bicyclic) bond motifs is 1. The number of aryl methyl sites for hydroxylation is 1. The van der Waals surface area contributed by atoms with Gasteiger partial charge in [-0.3, -0.25) is 14.9 Å². The first-order valence-electron chi connectivity index (χ1n) is 7.17. The fourth-order valence-corrected chi connectivity index (χ4v) is 3.31. The van der Waals surface area contributed by atoms with Crippen molar-refractivity contribution in [1.82, 2.24) is 4.57 Å². The Kier molecular flexibility index (Phi) is 4.36. The maximum absolute atomic E-state index is 12.8. The van der Waals surface area contributed by atoms with Crippen molar-refractivity contribution < 1.29 is 22.9 Å². The van der Waals surface area contributed by atoms with Gasteiger partial charge in [0.1, 0.15) is 0 Å². The van der Waals surface area contributed by atoms with Gasteiger partial charge in [0.05, 0.1) is 20.7 Å². The Balaban J connectivity index is 2.06. The second-order valence-corrected chi connectivity index (χ2v) is 6.36. The molecule has 3 rings (SSSR count). The van der Waals surface area contributed by atoms with Crippen molar-refractivity contribution in [3.05, 3.63) is 68.5 Å². The van der Waals surface area contributed by atoms with Crippen LogP contribution in [0, 0.1) is 10.1 Å². The minimum Gasteiger partial charge on any atom is -0.319 e.